The van der Waals surface area contributed by atoms with Crippen molar-refractivity contribution in [1.29, 1.82) is 0 Å². The molecule has 0 unspecified atom stereocenters. The van der Waals surface area contributed by atoms with Crippen LogP contribution in [0.15, 0.2) is 42.6 Å². The maximum Gasteiger partial charge on any atom is 0.0163 e. The molecule has 4 fully saturated rings. The van der Waals surface area contributed by atoms with E-state index in [-0.39, 0.29) is 20.1 Å². The van der Waals surface area contributed by atoms with Crippen molar-refractivity contribution in [2.75, 3.05) is 0 Å². The monoisotopic (exact) mass is 481 g/mol. The number of aromatic nitrogens is 1. The molecule has 1 radical (unpaired) electrons. The molecule has 4 aliphatic rings. The average molecular weight is 481 g/mol. The van der Waals surface area contributed by atoms with Crippen LogP contribution in [0.5, 0.6) is 0 Å². The van der Waals surface area contributed by atoms with Crippen LogP contribution in [-0.4, -0.2) is 4.98 Å². The van der Waals surface area contributed by atoms with Gasteiger partial charge in [0, 0.05) is 26.3 Å². The summed E-state index contributed by atoms with van der Waals surface area (Å²) in [5.41, 5.74) is 4.22. The van der Waals surface area contributed by atoms with E-state index < -0.39 is 0 Å². The molecule has 4 saturated carbocycles. The van der Waals surface area contributed by atoms with E-state index in [0.29, 0.717) is 5.41 Å². The molecule has 0 spiro atoms. The van der Waals surface area contributed by atoms with E-state index in [1.54, 1.807) is 5.56 Å². The maximum absolute atomic E-state index is 4.61. The Morgan fingerprint density at radius 1 is 0.957 bits per heavy atom. The van der Waals surface area contributed by atoms with Crippen molar-refractivity contribution >= 4 is 0 Å². The van der Waals surface area contributed by atoms with Gasteiger partial charge in [0.1, 0.15) is 0 Å². The third-order valence-corrected chi connectivity index (χ3v) is 6.40. The first kappa shape index (κ1) is 15.5. The molecule has 0 aliphatic heterocycles. The van der Waals surface area contributed by atoms with Crippen molar-refractivity contribution < 1.29 is 20.1 Å². The first-order valence-electron chi connectivity index (χ1n) is 8.74. The van der Waals surface area contributed by atoms with Crippen LogP contribution in [0.25, 0.3) is 11.3 Å². The van der Waals surface area contributed by atoms with Gasteiger partial charge < -0.3 is 4.98 Å². The van der Waals surface area contributed by atoms with E-state index in [1.807, 2.05) is 18.3 Å². The molecule has 1 heterocycles. The largest absolute Gasteiger partial charge is 0.305 e. The molecule has 1 nitrogen and oxygen atoms in total. The Bertz CT molecular complexity index is 659. The number of hydrogen-bond acceptors (Lipinski definition) is 1. The molecule has 23 heavy (non-hydrogen) atoms. The zero-order valence-corrected chi connectivity index (χ0v) is 15.7. The van der Waals surface area contributed by atoms with E-state index in [0.717, 1.165) is 29.0 Å². The van der Waals surface area contributed by atoms with Crippen LogP contribution in [0, 0.1) is 23.8 Å². The van der Waals surface area contributed by atoms with Crippen LogP contribution in [0.2, 0.25) is 0 Å². The molecule has 1 aromatic carbocycles. The second-order valence-corrected chi connectivity index (χ2v) is 7.90. The molecule has 121 valence electrons. The third-order valence-electron chi connectivity index (χ3n) is 6.40. The van der Waals surface area contributed by atoms with Gasteiger partial charge in [-0.15, -0.1) is 35.9 Å². The molecular weight excluding hydrogens is 458 g/mol. The van der Waals surface area contributed by atoms with Crippen LogP contribution < -0.4 is 0 Å². The molecule has 6 rings (SSSR count). The number of pyridine rings is 1. The smallest absolute Gasteiger partial charge is 0.0163 e. The molecule has 4 aliphatic carbocycles. The van der Waals surface area contributed by atoms with Crippen molar-refractivity contribution in [1.82, 2.24) is 4.98 Å². The van der Waals surface area contributed by atoms with Gasteiger partial charge in [0.05, 0.1) is 0 Å². The van der Waals surface area contributed by atoms with Gasteiger partial charge in [-0.1, -0.05) is 6.07 Å². The van der Waals surface area contributed by atoms with Crippen LogP contribution in [-0.2, 0) is 25.5 Å². The fourth-order valence-corrected chi connectivity index (χ4v) is 5.92. The number of hydrogen-bond donors (Lipinski definition) is 0. The zero-order chi connectivity index (χ0) is 14.6. The zero-order valence-electron chi connectivity index (χ0n) is 13.3. The molecule has 0 saturated heterocycles. The minimum atomic E-state index is 0. The van der Waals surface area contributed by atoms with Crippen molar-refractivity contribution in [3.63, 3.8) is 0 Å². The summed E-state index contributed by atoms with van der Waals surface area (Å²) in [5.74, 6) is 2.98. The number of benzene rings is 1. The van der Waals surface area contributed by atoms with E-state index >= 15 is 0 Å². The minimum Gasteiger partial charge on any atom is -0.305 e. The summed E-state index contributed by atoms with van der Waals surface area (Å²) in [5, 5.41) is 0. The first-order chi connectivity index (χ1) is 10.8. The van der Waals surface area contributed by atoms with E-state index in [1.165, 1.54) is 38.5 Å². The second kappa shape index (κ2) is 5.83. The second-order valence-electron chi connectivity index (χ2n) is 7.90. The Balaban J connectivity index is 0.00000135. The Morgan fingerprint density at radius 2 is 1.65 bits per heavy atom. The van der Waals surface area contributed by atoms with Gasteiger partial charge in [0.2, 0.25) is 0 Å². The molecule has 2 aromatic rings. The fraction of sp³-hybridized carbons (Fsp3) is 0.476. The van der Waals surface area contributed by atoms with Gasteiger partial charge in [-0.3, -0.25) is 0 Å². The summed E-state index contributed by atoms with van der Waals surface area (Å²) in [4.78, 5) is 4.61. The van der Waals surface area contributed by atoms with Gasteiger partial charge in [-0.2, -0.15) is 0 Å². The Morgan fingerprint density at radius 3 is 2.26 bits per heavy atom. The predicted molar refractivity (Wildman–Crippen MR) is 88.4 cm³/mol. The predicted octanol–water partition coefficient (Wildman–Crippen LogP) is 5.01. The van der Waals surface area contributed by atoms with Gasteiger partial charge in [-0.25, -0.2) is 0 Å². The SMILES string of the molecule is [Ir].[c-]1ccccc1-c1cc(C23CC4CC(CC(C4)C2)C3)ccn1. The molecular formula is C21H22IrN-. The molecule has 4 bridgehead atoms. The summed E-state index contributed by atoms with van der Waals surface area (Å²) in [6.07, 6.45) is 10.8. The summed E-state index contributed by atoms with van der Waals surface area (Å²) in [7, 11) is 0. The molecule has 0 N–H and O–H groups in total. The Kier molecular flexibility index (Phi) is 3.94. The van der Waals surface area contributed by atoms with Crippen LogP contribution in [0.3, 0.4) is 0 Å². The van der Waals surface area contributed by atoms with Gasteiger partial charge >= 0.3 is 0 Å². The van der Waals surface area contributed by atoms with Gasteiger partial charge in [-0.05, 0) is 79.0 Å². The van der Waals surface area contributed by atoms with Crippen molar-refractivity contribution in [2.45, 2.75) is 43.9 Å². The Labute approximate surface area is 152 Å². The molecule has 2 heteroatoms. The van der Waals surface area contributed by atoms with Crippen molar-refractivity contribution in [3.8, 4) is 11.3 Å². The molecule has 0 amide bonds. The Hall–Kier alpha value is -0.981. The third kappa shape index (κ3) is 2.61. The van der Waals surface area contributed by atoms with Gasteiger partial charge in [0.25, 0.3) is 0 Å². The maximum atomic E-state index is 4.61. The molecule has 0 atom stereocenters. The summed E-state index contributed by atoms with van der Waals surface area (Å²) in [6.45, 7) is 0. The minimum absolute atomic E-state index is 0. The standard InChI is InChI=1S/C21H22N.Ir/c1-2-4-18(5-3-1)20-11-19(6-7-22-20)21-12-15-8-16(13-21)10-17(9-15)14-21;/h1-4,6-7,11,15-17H,8-10,12-14H2;/q-1;. The van der Waals surface area contributed by atoms with Gasteiger partial charge in [0.15, 0.2) is 0 Å². The normalized spacial score (nSPS) is 34.2. The van der Waals surface area contributed by atoms with Crippen molar-refractivity contribution in [3.05, 3.63) is 54.2 Å². The van der Waals surface area contributed by atoms with Crippen LogP contribution in [0.1, 0.15) is 44.1 Å². The van der Waals surface area contributed by atoms with E-state index in [9.17, 15) is 0 Å². The summed E-state index contributed by atoms with van der Waals surface area (Å²) < 4.78 is 0. The first-order valence-corrected chi connectivity index (χ1v) is 8.74. The van der Waals surface area contributed by atoms with E-state index in [4.69, 9.17) is 0 Å². The summed E-state index contributed by atoms with van der Waals surface area (Å²) >= 11 is 0. The fourth-order valence-electron chi connectivity index (χ4n) is 5.92. The van der Waals surface area contributed by atoms with Crippen molar-refractivity contribution in [2.24, 2.45) is 17.8 Å². The summed E-state index contributed by atoms with van der Waals surface area (Å²) in [6, 6.07) is 16.2. The average Bonchev–Trinajstić information content (AvgIpc) is 2.55. The number of nitrogens with zero attached hydrogens (tertiary/aromatic N) is 1. The quantitative estimate of drug-likeness (QED) is 0.551. The topological polar surface area (TPSA) is 12.9 Å². The van der Waals surface area contributed by atoms with E-state index in [2.05, 4.69) is 35.3 Å². The van der Waals surface area contributed by atoms with Crippen LogP contribution >= 0.6 is 0 Å². The number of rotatable bonds is 2. The van der Waals surface area contributed by atoms with Crippen LogP contribution in [0.4, 0.5) is 0 Å². The molecule has 1 aromatic heterocycles.